The first-order valence-corrected chi connectivity index (χ1v) is 10.9. The maximum absolute atomic E-state index is 13.9. The van der Waals surface area contributed by atoms with Crippen molar-refractivity contribution in [3.8, 4) is 11.3 Å². The lowest BCUT2D eigenvalue weighted by atomic mass is 9.95. The molecule has 1 fully saturated rings. The van der Waals surface area contributed by atoms with Gasteiger partial charge in [0.15, 0.2) is 0 Å². The molecular formula is C24H31FN2O3. The first-order valence-electron chi connectivity index (χ1n) is 10.9. The van der Waals surface area contributed by atoms with E-state index in [0.29, 0.717) is 43.0 Å². The van der Waals surface area contributed by atoms with Crippen LogP contribution in [0.5, 0.6) is 0 Å². The van der Waals surface area contributed by atoms with E-state index < -0.39 is 0 Å². The molecule has 0 N–H and O–H groups in total. The highest BCUT2D eigenvalue weighted by Gasteiger charge is 2.28. The topological polar surface area (TPSA) is 53.8 Å². The van der Waals surface area contributed by atoms with Crippen molar-refractivity contribution < 1.29 is 18.4 Å². The normalized spacial score (nSPS) is 14.7. The fourth-order valence-electron chi connectivity index (χ4n) is 3.90. The van der Waals surface area contributed by atoms with E-state index in [1.807, 2.05) is 16.8 Å². The summed E-state index contributed by atoms with van der Waals surface area (Å²) >= 11 is 0. The van der Waals surface area contributed by atoms with E-state index in [-0.39, 0.29) is 23.5 Å². The first-order chi connectivity index (χ1) is 14.5. The number of likely N-dealkylation sites (tertiary alicyclic amines) is 1. The summed E-state index contributed by atoms with van der Waals surface area (Å²) in [4.78, 5) is 28.8. The van der Waals surface area contributed by atoms with Crippen LogP contribution in [0.25, 0.3) is 11.3 Å². The van der Waals surface area contributed by atoms with Crippen LogP contribution >= 0.6 is 0 Å². The van der Waals surface area contributed by atoms with Gasteiger partial charge in [-0.25, -0.2) is 4.39 Å². The van der Waals surface area contributed by atoms with Crippen molar-refractivity contribution in [1.29, 1.82) is 0 Å². The molecule has 1 aromatic carbocycles. The standard InChI is InChI=1S/C24H31FN2O3/c1-3-4-15-26(2)24(29)18-13-16-27(17-14-18)23(28)12-10-19-9-11-22(30-19)20-7-5-6-8-21(20)25/h5-9,11,18H,3-4,10,12-17H2,1-2H3. The summed E-state index contributed by atoms with van der Waals surface area (Å²) in [5.41, 5.74) is 0.422. The number of hydrogen-bond acceptors (Lipinski definition) is 3. The van der Waals surface area contributed by atoms with Crippen molar-refractivity contribution >= 4 is 11.8 Å². The summed E-state index contributed by atoms with van der Waals surface area (Å²) in [6.07, 6.45) is 4.36. The third-order valence-electron chi connectivity index (χ3n) is 5.81. The zero-order chi connectivity index (χ0) is 21.5. The van der Waals surface area contributed by atoms with Gasteiger partial charge in [0.25, 0.3) is 0 Å². The minimum Gasteiger partial charge on any atom is -0.461 e. The summed E-state index contributed by atoms with van der Waals surface area (Å²) in [7, 11) is 1.87. The van der Waals surface area contributed by atoms with Crippen LogP contribution < -0.4 is 0 Å². The number of carbonyl (C=O) groups excluding carboxylic acids is 2. The maximum atomic E-state index is 13.9. The summed E-state index contributed by atoms with van der Waals surface area (Å²) in [5.74, 6) is 1.11. The number of carbonyl (C=O) groups is 2. The Morgan fingerprint density at radius 2 is 1.90 bits per heavy atom. The number of furan rings is 1. The molecule has 0 bridgehead atoms. The fraction of sp³-hybridized carbons (Fsp3) is 0.500. The number of halogens is 1. The molecule has 6 heteroatoms. The van der Waals surface area contributed by atoms with Gasteiger partial charge in [-0.3, -0.25) is 9.59 Å². The molecule has 0 unspecified atom stereocenters. The number of nitrogens with zero attached hydrogens (tertiary/aromatic N) is 2. The molecule has 162 valence electrons. The van der Waals surface area contributed by atoms with Gasteiger partial charge in [0.2, 0.25) is 11.8 Å². The van der Waals surface area contributed by atoms with Crippen LogP contribution in [0, 0.1) is 11.7 Å². The van der Waals surface area contributed by atoms with Gasteiger partial charge in [-0.2, -0.15) is 0 Å². The van der Waals surface area contributed by atoms with Gasteiger partial charge in [-0.1, -0.05) is 25.5 Å². The molecule has 2 aromatic rings. The Morgan fingerprint density at radius 1 is 1.17 bits per heavy atom. The van der Waals surface area contributed by atoms with E-state index in [1.165, 1.54) is 6.07 Å². The monoisotopic (exact) mass is 414 g/mol. The summed E-state index contributed by atoms with van der Waals surface area (Å²) < 4.78 is 19.6. The SMILES string of the molecule is CCCCN(C)C(=O)C1CCN(C(=O)CCc2ccc(-c3ccccc3F)o2)CC1. The number of piperidine rings is 1. The molecule has 2 heterocycles. The molecule has 1 aliphatic rings. The van der Waals surface area contributed by atoms with Crippen molar-refractivity contribution in [2.75, 3.05) is 26.7 Å². The van der Waals surface area contributed by atoms with Crippen molar-refractivity contribution in [3.05, 3.63) is 48.0 Å². The van der Waals surface area contributed by atoms with E-state index in [0.717, 1.165) is 32.2 Å². The van der Waals surface area contributed by atoms with Gasteiger partial charge in [0.05, 0.1) is 5.56 Å². The number of aryl methyl sites for hydroxylation is 1. The largest absolute Gasteiger partial charge is 0.461 e. The predicted molar refractivity (Wildman–Crippen MR) is 114 cm³/mol. The smallest absolute Gasteiger partial charge is 0.225 e. The molecule has 1 aliphatic heterocycles. The van der Waals surface area contributed by atoms with Crippen LogP contribution in [0.3, 0.4) is 0 Å². The van der Waals surface area contributed by atoms with Gasteiger partial charge in [0, 0.05) is 45.4 Å². The zero-order valence-electron chi connectivity index (χ0n) is 17.9. The van der Waals surface area contributed by atoms with Crippen LogP contribution in [-0.4, -0.2) is 48.3 Å². The van der Waals surface area contributed by atoms with Gasteiger partial charge >= 0.3 is 0 Å². The van der Waals surface area contributed by atoms with Crippen molar-refractivity contribution in [2.24, 2.45) is 5.92 Å². The Balaban J connectivity index is 1.46. The lowest BCUT2D eigenvalue weighted by molar-refractivity contribution is -0.139. The molecule has 1 aromatic heterocycles. The van der Waals surface area contributed by atoms with Crippen LogP contribution in [-0.2, 0) is 16.0 Å². The second-order valence-electron chi connectivity index (χ2n) is 8.01. The first kappa shape index (κ1) is 22.1. The highest BCUT2D eigenvalue weighted by Crippen LogP contribution is 2.26. The Morgan fingerprint density at radius 3 is 2.60 bits per heavy atom. The molecule has 3 rings (SSSR count). The molecule has 0 radical (unpaired) electrons. The predicted octanol–water partition coefficient (Wildman–Crippen LogP) is 4.52. The minimum atomic E-state index is -0.327. The summed E-state index contributed by atoms with van der Waals surface area (Å²) in [5, 5.41) is 0. The maximum Gasteiger partial charge on any atom is 0.225 e. The Kier molecular flexibility index (Phi) is 7.66. The second kappa shape index (κ2) is 10.4. The Labute approximate surface area is 177 Å². The molecule has 0 saturated carbocycles. The average Bonchev–Trinajstić information content (AvgIpc) is 3.24. The third kappa shape index (κ3) is 5.49. The molecular weight excluding hydrogens is 383 g/mol. The van der Waals surface area contributed by atoms with Gasteiger partial charge < -0.3 is 14.2 Å². The van der Waals surface area contributed by atoms with Crippen LogP contribution in [0.15, 0.2) is 40.8 Å². The molecule has 0 atom stereocenters. The Hall–Kier alpha value is -2.63. The van der Waals surface area contributed by atoms with Crippen LogP contribution in [0.4, 0.5) is 4.39 Å². The van der Waals surface area contributed by atoms with E-state index >= 15 is 0 Å². The molecule has 2 amide bonds. The molecule has 5 nitrogen and oxygen atoms in total. The third-order valence-corrected chi connectivity index (χ3v) is 5.81. The highest BCUT2D eigenvalue weighted by molar-refractivity contribution is 5.80. The second-order valence-corrected chi connectivity index (χ2v) is 8.01. The average molecular weight is 415 g/mol. The Bertz CT molecular complexity index is 856. The molecule has 0 spiro atoms. The highest BCUT2D eigenvalue weighted by atomic mass is 19.1. The van der Waals surface area contributed by atoms with Crippen molar-refractivity contribution in [3.63, 3.8) is 0 Å². The quantitative estimate of drug-likeness (QED) is 0.638. The number of amides is 2. The minimum absolute atomic E-state index is 0.0179. The van der Waals surface area contributed by atoms with E-state index in [9.17, 15) is 14.0 Å². The molecule has 1 saturated heterocycles. The number of unbranched alkanes of at least 4 members (excludes halogenated alkanes) is 1. The van der Waals surface area contributed by atoms with Crippen LogP contribution in [0.1, 0.15) is 44.8 Å². The van der Waals surface area contributed by atoms with Gasteiger partial charge in [-0.05, 0) is 43.5 Å². The summed E-state index contributed by atoms with van der Waals surface area (Å²) in [6, 6.07) is 10.0. The van der Waals surface area contributed by atoms with E-state index in [1.54, 1.807) is 30.3 Å². The molecule has 0 aliphatic carbocycles. The number of hydrogen-bond donors (Lipinski definition) is 0. The van der Waals surface area contributed by atoms with Crippen molar-refractivity contribution in [2.45, 2.75) is 45.4 Å². The lowest BCUT2D eigenvalue weighted by Crippen LogP contribution is -2.43. The fourth-order valence-corrected chi connectivity index (χ4v) is 3.90. The van der Waals surface area contributed by atoms with Crippen LogP contribution in [0.2, 0.25) is 0 Å². The summed E-state index contributed by atoms with van der Waals surface area (Å²) in [6.45, 7) is 4.16. The van der Waals surface area contributed by atoms with Gasteiger partial charge in [0.1, 0.15) is 17.3 Å². The number of rotatable bonds is 8. The zero-order valence-corrected chi connectivity index (χ0v) is 17.9. The molecule has 30 heavy (non-hydrogen) atoms. The van der Waals surface area contributed by atoms with E-state index in [4.69, 9.17) is 4.42 Å². The van der Waals surface area contributed by atoms with Crippen molar-refractivity contribution in [1.82, 2.24) is 9.80 Å². The van der Waals surface area contributed by atoms with Gasteiger partial charge in [-0.15, -0.1) is 0 Å². The van der Waals surface area contributed by atoms with E-state index in [2.05, 4.69) is 6.92 Å². The number of benzene rings is 1. The lowest BCUT2D eigenvalue weighted by Gasteiger charge is -2.33.